The Morgan fingerprint density at radius 1 is 1.41 bits per heavy atom. The zero-order valence-electron chi connectivity index (χ0n) is 9.19. The fourth-order valence-corrected chi connectivity index (χ4v) is 1.67. The van der Waals surface area contributed by atoms with Gasteiger partial charge < -0.3 is 14.8 Å². The van der Waals surface area contributed by atoms with Gasteiger partial charge in [-0.2, -0.15) is 0 Å². The number of carbonyl (C=O) groups is 1. The summed E-state index contributed by atoms with van der Waals surface area (Å²) in [4.78, 5) is 24.9. The van der Waals surface area contributed by atoms with Crippen LogP contribution in [0.4, 0.5) is 0 Å². The molecule has 5 heteroatoms. The van der Waals surface area contributed by atoms with E-state index in [1.54, 1.807) is 18.2 Å². The van der Waals surface area contributed by atoms with E-state index in [1.165, 1.54) is 0 Å². The molecular weight excluding hydrogens is 222 g/mol. The van der Waals surface area contributed by atoms with Crippen molar-refractivity contribution in [3.8, 4) is 5.75 Å². The number of hydrogen-bond acceptors (Lipinski definition) is 3. The number of benzene rings is 1. The first-order valence-corrected chi connectivity index (χ1v) is 5.15. The third kappa shape index (κ3) is 2.13. The molecule has 0 aliphatic carbocycles. The third-order valence-electron chi connectivity index (χ3n) is 2.36. The predicted molar refractivity (Wildman–Crippen MR) is 62.7 cm³/mol. The van der Waals surface area contributed by atoms with Crippen molar-refractivity contribution in [3.05, 3.63) is 40.2 Å². The lowest BCUT2D eigenvalue weighted by Crippen LogP contribution is -2.10. The second-order valence-electron chi connectivity index (χ2n) is 3.49. The van der Waals surface area contributed by atoms with Gasteiger partial charge in [-0.05, 0) is 25.1 Å². The highest BCUT2D eigenvalue weighted by molar-refractivity contribution is 6.02. The summed E-state index contributed by atoms with van der Waals surface area (Å²) in [7, 11) is 0. The lowest BCUT2D eigenvalue weighted by molar-refractivity contribution is 0.0699. The Hall–Kier alpha value is -2.30. The Labute approximate surface area is 96.7 Å². The first-order valence-electron chi connectivity index (χ1n) is 5.15. The van der Waals surface area contributed by atoms with E-state index in [0.29, 0.717) is 23.3 Å². The number of aromatic nitrogens is 1. The van der Waals surface area contributed by atoms with Crippen molar-refractivity contribution < 1.29 is 14.6 Å². The number of aromatic carboxylic acids is 1. The molecule has 0 unspecified atom stereocenters. The zero-order valence-corrected chi connectivity index (χ0v) is 9.19. The SMILES string of the molecule is CCOc1ccc2[nH]c(=O)cc(C(=O)O)c2c1. The Kier molecular flexibility index (Phi) is 2.82. The van der Waals surface area contributed by atoms with E-state index in [0.717, 1.165) is 6.07 Å². The van der Waals surface area contributed by atoms with Crippen LogP contribution in [-0.4, -0.2) is 22.7 Å². The number of aromatic amines is 1. The van der Waals surface area contributed by atoms with Gasteiger partial charge in [-0.3, -0.25) is 4.79 Å². The molecule has 2 rings (SSSR count). The van der Waals surface area contributed by atoms with E-state index < -0.39 is 11.5 Å². The molecule has 2 aromatic rings. The maximum absolute atomic E-state index is 11.3. The second-order valence-corrected chi connectivity index (χ2v) is 3.49. The molecule has 0 spiro atoms. The van der Waals surface area contributed by atoms with Gasteiger partial charge in [-0.25, -0.2) is 4.79 Å². The Balaban J connectivity index is 2.73. The summed E-state index contributed by atoms with van der Waals surface area (Å²) in [5.74, 6) is -0.552. The Morgan fingerprint density at radius 3 is 2.82 bits per heavy atom. The van der Waals surface area contributed by atoms with Crippen molar-refractivity contribution in [2.24, 2.45) is 0 Å². The van der Waals surface area contributed by atoms with Gasteiger partial charge in [0.2, 0.25) is 5.56 Å². The summed E-state index contributed by atoms with van der Waals surface area (Å²) < 4.78 is 5.29. The molecule has 17 heavy (non-hydrogen) atoms. The predicted octanol–water partition coefficient (Wildman–Crippen LogP) is 1.62. The maximum atomic E-state index is 11.3. The molecule has 0 amide bonds. The van der Waals surface area contributed by atoms with Gasteiger partial charge in [0.05, 0.1) is 12.2 Å². The van der Waals surface area contributed by atoms with Crippen molar-refractivity contribution in [2.45, 2.75) is 6.92 Å². The molecule has 1 heterocycles. The normalized spacial score (nSPS) is 10.4. The van der Waals surface area contributed by atoms with Crippen LogP contribution in [-0.2, 0) is 0 Å². The van der Waals surface area contributed by atoms with E-state index >= 15 is 0 Å². The molecule has 5 nitrogen and oxygen atoms in total. The topological polar surface area (TPSA) is 79.4 Å². The first-order chi connectivity index (χ1) is 8.11. The van der Waals surface area contributed by atoms with Gasteiger partial charge >= 0.3 is 5.97 Å². The van der Waals surface area contributed by atoms with Gasteiger partial charge in [0.25, 0.3) is 0 Å². The first kappa shape index (κ1) is 11.2. The lowest BCUT2D eigenvalue weighted by atomic mass is 10.1. The summed E-state index contributed by atoms with van der Waals surface area (Å²) in [6.45, 7) is 2.34. The van der Waals surface area contributed by atoms with Gasteiger partial charge in [-0.1, -0.05) is 0 Å². The lowest BCUT2D eigenvalue weighted by Gasteiger charge is -2.06. The summed E-state index contributed by atoms with van der Waals surface area (Å²) in [6.07, 6.45) is 0. The highest BCUT2D eigenvalue weighted by Crippen LogP contribution is 2.21. The number of carboxylic acids is 1. The molecule has 0 saturated heterocycles. The van der Waals surface area contributed by atoms with Gasteiger partial charge in [0.1, 0.15) is 5.75 Å². The van der Waals surface area contributed by atoms with Crippen molar-refractivity contribution in [2.75, 3.05) is 6.61 Å². The molecule has 0 radical (unpaired) electrons. The minimum atomic E-state index is -1.13. The smallest absolute Gasteiger partial charge is 0.336 e. The monoisotopic (exact) mass is 233 g/mol. The number of rotatable bonds is 3. The fraction of sp³-hybridized carbons (Fsp3) is 0.167. The van der Waals surface area contributed by atoms with Crippen molar-refractivity contribution in [1.82, 2.24) is 4.98 Å². The molecule has 1 aromatic heterocycles. The standard InChI is InChI=1S/C12H11NO4/c1-2-17-7-3-4-10-8(5-7)9(12(15)16)6-11(14)13-10/h3-6H,2H2,1H3,(H,13,14)(H,15,16). The number of hydrogen-bond donors (Lipinski definition) is 2. The molecule has 88 valence electrons. The van der Waals surface area contributed by atoms with E-state index in [2.05, 4.69) is 4.98 Å². The summed E-state index contributed by atoms with van der Waals surface area (Å²) in [6, 6.07) is 6.00. The number of fused-ring (bicyclic) bond motifs is 1. The largest absolute Gasteiger partial charge is 0.494 e. The van der Waals surface area contributed by atoms with Crippen LogP contribution in [0.15, 0.2) is 29.1 Å². The van der Waals surface area contributed by atoms with E-state index in [-0.39, 0.29) is 5.56 Å². The van der Waals surface area contributed by atoms with E-state index in [9.17, 15) is 9.59 Å². The molecule has 0 saturated carbocycles. The average Bonchev–Trinajstić information content (AvgIpc) is 2.28. The van der Waals surface area contributed by atoms with Crippen LogP contribution >= 0.6 is 0 Å². The minimum absolute atomic E-state index is 0.0229. The maximum Gasteiger partial charge on any atom is 0.336 e. The number of H-pyrrole nitrogens is 1. The zero-order chi connectivity index (χ0) is 12.4. The summed E-state index contributed by atoms with van der Waals surface area (Å²) >= 11 is 0. The number of pyridine rings is 1. The quantitative estimate of drug-likeness (QED) is 0.844. The number of carboxylic acid groups (broad SMARTS) is 1. The minimum Gasteiger partial charge on any atom is -0.494 e. The van der Waals surface area contributed by atoms with E-state index in [1.807, 2.05) is 6.92 Å². The number of ether oxygens (including phenoxy) is 1. The summed E-state index contributed by atoms with van der Waals surface area (Å²) in [5, 5.41) is 9.50. The molecule has 0 bridgehead atoms. The van der Waals surface area contributed by atoms with Crippen LogP contribution in [0, 0.1) is 0 Å². The van der Waals surface area contributed by atoms with Gasteiger partial charge in [0.15, 0.2) is 0 Å². The van der Waals surface area contributed by atoms with Gasteiger partial charge in [-0.15, -0.1) is 0 Å². The van der Waals surface area contributed by atoms with Crippen LogP contribution in [0.3, 0.4) is 0 Å². The molecule has 0 fully saturated rings. The molecule has 0 atom stereocenters. The molecule has 0 aliphatic rings. The van der Waals surface area contributed by atoms with Crippen LogP contribution in [0.1, 0.15) is 17.3 Å². The highest BCUT2D eigenvalue weighted by atomic mass is 16.5. The van der Waals surface area contributed by atoms with Crippen LogP contribution in [0.5, 0.6) is 5.75 Å². The van der Waals surface area contributed by atoms with Crippen molar-refractivity contribution in [3.63, 3.8) is 0 Å². The summed E-state index contributed by atoms with van der Waals surface area (Å²) in [5.41, 5.74) is 0.0303. The molecule has 0 aliphatic heterocycles. The second kappa shape index (κ2) is 4.29. The molecule has 1 aromatic carbocycles. The van der Waals surface area contributed by atoms with Crippen LogP contribution < -0.4 is 10.3 Å². The van der Waals surface area contributed by atoms with Crippen molar-refractivity contribution in [1.29, 1.82) is 0 Å². The average molecular weight is 233 g/mol. The third-order valence-corrected chi connectivity index (χ3v) is 2.36. The Bertz CT molecular complexity index is 630. The molecule has 2 N–H and O–H groups in total. The van der Waals surface area contributed by atoms with E-state index in [4.69, 9.17) is 9.84 Å². The Morgan fingerprint density at radius 2 is 2.18 bits per heavy atom. The molecular formula is C12H11NO4. The fourth-order valence-electron chi connectivity index (χ4n) is 1.67. The van der Waals surface area contributed by atoms with Gasteiger partial charge in [0, 0.05) is 17.0 Å². The van der Waals surface area contributed by atoms with Crippen LogP contribution in [0.25, 0.3) is 10.9 Å². The highest BCUT2D eigenvalue weighted by Gasteiger charge is 2.10. The number of nitrogens with one attached hydrogen (secondary N) is 1. The van der Waals surface area contributed by atoms with Crippen molar-refractivity contribution >= 4 is 16.9 Å². The van der Waals surface area contributed by atoms with Crippen LogP contribution in [0.2, 0.25) is 0 Å².